The van der Waals surface area contributed by atoms with E-state index in [9.17, 15) is 26.3 Å². The van der Waals surface area contributed by atoms with Crippen molar-refractivity contribution in [2.75, 3.05) is 14.2 Å². The summed E-state index contributed by atoms with van der Waals surface area (Å²) in [5, 5.41) is 27.5. The van der Waals surface area contributed by atoms with E-state index in [0.29, 0.717) is 107 Å². The van der Waals surface area contributed by atoms with Crippen LogP contribution >= 0.6 is 12.4 Å². The molecule has 2 saturated carbocycles. The second-order valence-electron chi connectivity index (χ2n) is 15.5. The number of hydrogen-bond acceptors (Lipinski definition) is 13. The number of rotatable bonds is 13. The number of ether oxygens (including phenoxy) is 4. The lowest BCUT2D eigenvalue weighted by Crippen LogP contribution is -2.27. The Morgan fingerprint density at radius 2 is 1.15 bits per heavy atom. The van der Waals surface area contributed by atoms with Crippen LogP contribution in [0.15, 0.2) is 50.4 Å². The molecule has 2 fully saturated rings. The highest BCUT2D eigenvalue weighted by Gasteiger charge is 2.44. The Kier molecular flexibility index (Phi) is 20.1. The van der Waals surface area contributed by atoms with Gasteiger partial charge in [-0.1, -0.05) is 19.0 Å². The van der Waals surface area contributed by atoms with Gasteiger partial charge in [0.1, 0.15) is 29.1 Å². The molecule has 2 aliphatic carbocycles. The van der Waals surface area contributed by atoms with E-state index >= 15 is 0 Å². The average Bonchev–Trinajstić information content (AvgIpc) is 3.89. The van der Waals surface area contributed by atoms with Crippen molar-refractivity contribution < 1.29 is 64.5 Å². The van der Waals surface area contributed by atoms with Crippen LogP contribution < -0.4 is 30.6 Å². The van der Waals surface area contributed by atoms with Crippen LogP contribution in [0.1, 0.15) is 148 Å². The maximum atomic E-state index is 13.0. The largest absolute Gasteiger partial charge is 0.496 e. The molecule has 0 spiro atoms. The number of nitrogens with zero attached hydrogens (tertiary/aromatic N) is 4. The van der Waals surface area contributed by atoms with E-state index in [1.165, 1.54) is 14.2 Å². The van der Waals surface area contributed by atoms with Crippen LogP contribution in [-0.2, 0) is 0 Å². The van der Waals surface area contributed by atoms with Gasteiger partial charge >= 0.3 is 12.4 Å². The zero-order valence-corrected chi connectivity index (χ0v) is 37.8. The van der Waals surface area contributed by atoms with Crippen LogP contribution in [-0.4, -0.2) is 52.8 Å². The summed E-state index contributed by atoms with van der Waals surface area (Å²) in [4.78, 5) is 9.00. The van der Waals surface area contributed by atoms with Crippen molar-refractivity contribution in [3.05, 3.63) is 82.2 Å². The van der Waals surface area contributed by atoms with Crippen molar-refractivity contribution in [3.8, 4) is 29.1 Å². The number of aromatic nitrogens is 2. The number of amidine groups is 1. The fourth-order valence-corrected chi connectivity index (χ4v) is 7.96. The molecule has 2 atom stereocenters. The molecule has 0 radical (unpaired) electrons. The number of aryl methyl sites for hydroxylation is 2. The molecule has 2 aromatic heterocycles. The monoisotopic (exact) mass is 946 g/mol. The summed E-state index contributed by atoms with van der Waals surface area (Å²) < 4.78 is 112. The molecule has 65 heavy (non-hydrogen) atoms. The van der Waals surface area contributed by atoms with Gasteiger partial charge in [0.15, 0.2) is 41.3 Å². The van der Waals surface area contributed by atoms with Gasteiger partial charge in [-0.3, -0.25) is 0 Å². The first-order chi connectivity index (χ1) is 30.4. The zero-order chi connectivity index (χ0) is 47.4. The van der Waals surface area contributed by atoms with Gasteiger partial charge in [0, 0.05) is 24.0 Å². The van der Waals surface area contributed by atoms with Crippen LogP contribution in [0.4, 0.5) is 26.3 Å². The quantitative estimate of drug-likeness (QED) is 0.0323. The summed E-state index contributed by atoms with van der Waals surface area (Å²) in [5.74, 6) is 4.61. The highest BCUT2D eigenvalue weighted by Crippen LogP contribution is 2.45. The predicted octanol–water partition coefficient (Wildman–Crippen LogP) is 11.4. The normalized spacial score (nSPS) is 19.7. The number of oxazole rings is 2. The maximum absolute atomic E-state index is 13.0. The molecule has 0 bridgehead atoms. The highest BCUT2D eigenvalue weighted by atomic mass is 35.5. The molecular weight excluding hydrogens is 890 g/mol. The molecule has 14 nitrogen and oxygen atoms in total. The van der Waals surface area contributed by atoms with Crippen LogP contribution in [0.25, 0.3) is 0 Å². The first-order valence-electron chi connectivity index (χ1n) is 20.8. The molecule has 360 valence electrons. The molecule has 2 unspecified atom stereocenters. The Labute approximate surface area is 379 Å². The molecule has 0 saturated heterocycles. The number of nitriles is 1. The van der Waals surface area contributed by atoms with E-state index in [0.717, 1.165) is 0 Å². The molecule has 21 heteroatoms. The first kappa shape index (κ1) is 53.9. The van der Waals surface area contributed by atoms with E-state index in [1.54, 1.807) is 43.3 Å². The van der Waals surface area contributed by atoms with Crippen LogP contribution in [0.2, 0.25) is 0 Å². The maximum Gasteiger partial charge on any atom is 0.391 e. The highest BCUT2D eigenvalue weighted by molar-refractivity contribution is 5.99. The van der Waals surface area contributed by atoms with E-state index in [2.05, 4.69) is 27.1 Å². The lowest BCUT2D eigenvalue weighted by atomic mass is 9.81. The number of methoxy groups -OCH3 is 2. The summed E-state index contributed by atoms with van der Waals surface area (Å²) in [6.07, 6.45) is -5.94. The van der Waals surface area contributed by atoms with Gasteiger partial charge < -0.3 is 43.9 Å². The van der Waals surface area contributed by atoms with Gasteiger partial charge in [-0.15, -0.1) is 12.4 Å². The third-order valence-corrected chi connectivity index (χ3v) is 11.5. The molecule has 6 N–H and O–H groups in total. The van der Waals surface area contributed by atoms with Crippen LogP contribution in [0, 0.1) is 37.0 Å². The molecule has 2 aliphatic rings. The number of oxime groups is 1. The predicted molar refractivity (Wildman–Crippen MR) is 228 cm³/mol. The van der Waals surface area contributed by atoms with Crippen molar-refractivity contribution in [1.82, 2.24) is 9.97 Å². The fraction of sp³-hybridized carbons (Fsp3) is 0.545. The van der Waals surface area contributed by atoms with E-state index in [4.69, 9.17) is 49.2 Å². The molecular formula is C44H57ClF6N6O8. The molecule has 0 amide bonds. The lowest BCUT2D eigenvalue weighted by molar-refractivity contribution is -0.183. The summed E-state index contributed by atoms with van der Waals surface area (Å²) in [6, 6.07) is 11.9. The minimum atomic E-state index is -4.14. The third-order valence-electron chi connectivity index (χ3n) is 11.5. The second-order valence-corrected chi connectivity index (χ2v) is 15.5. The van der Waals surface area contributed by atoms with Crippen molar-refractivity contribution in [2.45, 2.75) is 128 Å². The Morgan fingerprint density at radius 3 is 1.51 bits per heavy atom. The summed E-state index contributed by atoms with van der Waals surface area (Å²) >= 11 is 0. The average molecular weight is 947 g/mol. The van der Waals surface area contributed by atoms with Crippen LogP contribution in [0.3, 0.4) is 0 Å². The van der Waals surface area contributed by atoms with Crippen LogP contribution in [0.5, 0.6) is 23.0 Å². The SMILES string of the molecule is CCC(Oc1ccc(C#N)c(OC)c1)c1oc(C2CCC(C(F)(F)F)CC2)nc1C.CCC(Oc1ccc(C(N)=NO)c(OC)c1)c1oc(C2CCC(C(F)(F)F)CC2)nc1C.Cl.NO. The summed E-state index contributed by atoms with van der Waals surface area (Å²) in [6.45, 7) is 7.50. The smallest absolute Gasteiger partial charge is 0.391 e. The second kappa shape index (κ2) is 24.2. The van der Waals surface area contributed by atoms with Crippen molar-refractivity contribution in [1.29, 1.82) is 5.26 Å². The van der Waals surface area contributed by atoms with Crippen molar-refractivity contribution in [3.63, 3.8) is 0 Å². The number of alkyl halides is 6. The van der Waals surface area contributed by atoms with Gasteiger partial charge in [-0.05, 0) is 102 Å². The lowest BCUT2D eigenvalue weighted by Gasteiger charge is -2.28. The van der Waals surface area contributed by atoms with Gasteiger partial charge in [-0.2, -0.15) is 31.6 Å². The number of halogens is 7. The fourth-order valence-electron chi connectivity index (χ4n) is 7.96. The molecule has 6 rings (SSSR count). The van der Waals surface area contributed by atoms with Gasteiger partial charge in [0.05, 0.1) is 48.6 Å². The van der Waals surface area contributed by atoms with E-state index < -0.39 is 36.4 Å². The number of nitrogens with two attached hydrogens (primary N) is 2. The minimum Gasteiger partial charge on any atom is -0.496 e. The Bertz CT molecular complexity index is 2180. The Hall–Kier alpha value is -5.39. The Morgan fingerprint density at radius 1 is 0.754 bits per heavy atom. The van der Waals surface area contributed by atoms with E-state index in [1.807, 2.05) is 20.8 Å². The number of benzene rings is 2. The zero-order valence-electron chi connectivity index (χ0n) is 37.0. The van der Waals surface area contributed by atoms with Crippen molar-refractivity contribution >= 4 is 18.2 Å². The topological polar surface area (TPSA) is 218 Å². The van der Waals surface area contributed by atoms with Gasteiger partial charge in [0.25, 0.3) is 0 Å². The van der Waals surface area contributed by atoms with Gasteiger partial charge in [-0.25, -0.2) is 15.9 Å². The molecule has 2 heterocycles. The van der Waals surface area contributed by atoms with Gasteiger partial charge in [0.2, 0.25) is 0 Å². The third kappa shape index (κ3) is 13.8. The molecule has 4 aromatic rings. The summed E-state index contributed by atoms with van der Waals surface area (Å²) in [7, 11) is 2.95. The Balaban J connectivity index is 0.000000328. The molecule has 0 aliphatic heterocycles. The summed E-state index contributed by atoms with van der Waals surface area (Å²) in [5.41, 5.74) is 7.82. The first-order valence-corrected chi connectivity index (χ1v) is 20.8. The van der Waals surface area contributed by atoms with E-state index in [-0.39, 0.29) is 55.8 Å². The molecule has 2 aromatic carbocycles. The number of hydrogen-bond donors (Lipinski definition) is 4. The van der Waals surface area contributed by atoms with Crippen molar-refractivity contribution in [2.24, 2.45) is 28.6 Å². The standard InChI is InChI=1S/C22H28F3N3O4.C22H25F3N2O3.ClH.H3NO/c1-4-17(31-15-9-10-16(20(26)28-29)18(11-15)30-3)19-12(2)27-21(32-19)13-5-7-14(8-6-13)22(23,24)25;1-4-18(29-17-10-7-15(12-26)19(11-17)28-3)20-13(2)27-21(30-20)14-5-8-16(9-6-14)22(23,24)25;;1-2/h9-11,13-14,17,29H,4-8H2,1-3H3,(H2,26,28);7,10-11,14,16,18H,4-6,8-9H2,1-3H3;1H;2H,1H2. The minimum absolute atomic E-state index is 0.